The number of hydrogen-bond acceptors (Lipinski definition) is 11. The lowest BCUT2D eigenvalue weighted by atomic mass is 10.2. The van der Waals surface area contributed by atoms with E-state index in [4.69, 9.17) is 28.1 Å². The second kappa shape index (κ2) is 11.6. The third-order valence-corrected chi connectivity index (χ3v) is 6.46. The fourth-order valence-electron chi connectivity index (χ4n) is 3.97. The van der Waals surface area contributed by atoms with Gasteiger partial charge in [-0.2, -0.15) is 0 Å². The number of carbonyl (C=O) groups excluding carboxylic acids is 1. The van der Waals surface area contributed by atoms with Crippen LogP contribution in [0.4, 0.5) is 11.4 Å². The van der Waals surface area contributed by atoms with Crippen molar-refractivity contribution in [2.75, 3.05) is 62.3 Å². The van der Waals surface area contributed by atoms with Crippen molar-refractivity contribution < 1.29 is 32.9 Å². The number of morpholine rings is 1. The fourth-order valence-corrected chi connectivity index (χ4v) is 4.54. The van der Waals surface area contributed by atoms with Crippen molar-refractivity contribution in [2.24, 2.45) is 0 Å². The minimum atomic E-state index is -0.240. The molecule has 3 aromatic rings. The number of anilines is 2. The zero-order valence-electron chi connectivity index (χ0n) is 20.7. The van der Waals surface area contributed by atoms with Gasteiger partial charge in [0.2, 0.25) is 18.6 Å². The maximum Gasteiger partial charge on any atom is 0.277 e. The second-order valence-electron chi connectivity index (χ2n) is 8.06. The molecule has 1 amide bonds. The van der Waals surface area contributed by atoms with Gasteiger partial charge in [-0.25, -0.2) is 0 Å². The van der Waals surface area contributed by atoms with E-state index in [0.29, 0.717) is 66.6 Å². The quantitative estimate of drug-likeness (QED) is 0.387. The van der Waals surface area contributed by atoms with E-state index in [1.165, 1.54) is 0 Å². The van der Waals surface area contributed by atoms with Gasteiger partial charge < -0.3 is 38.3 Å². The van der Waals surface area contributed by atoms with Crippen LogP contribution in [0.1, 0.15) is 13.8 Å². The first-order valence-electron chi connectivity index (χ1n) is 12.1. The fraction of sp³-hybridized carbons (Fsp3) is 0.400. The third-order valence-electron chi connectivity index (χ3n) is 5.64. The predicted molar refractivity (Wildman–Crippen MR) is 137 cm³/mol. The highest BCUT2D eigenvalue weighted by atomic mass is 32.2. The van der Waals surface area contributed by atoms with Crippen molar-refractivity contribution in [1.29, 1.82) is 0 Å². The summed E-state index contributed by atoms with van der Waals surface area (Å²) in [5.74, 6) is 2.72. The van der Waals surface area contributed by atoms with Crippen LogP contribution in [-0.4, -0.2) is 68.2 Å². The summed E-state index contributed by atoms with van der Waals surface area (Å²) in [5.41, 5.74) is 2.17. The van der Waals surface area contributed by atoms with Crippen LogP contribution in [0.5, 0.6) is 23.0 Å². The number of carbonyl (C=O) groups is 1. The van der Waals surface area contributed by atoms with Crippen LogP contribution < -0.4 is 29.2 Å². The molecular formula is C25H28N4O7S. The topological polar surface area (TPSA) is 117 Å². The lowest BCUT2D eigenvalue weighted by Crippen LogP contribution is -2.36. The highest BCUT2D eigenvalue weighted by molar-refractivity contribution is 7.99. The molecule has 0 radical (unpaired) electrons. The average Bonchev–Trinajstić information content (AvgIpc) is 3.59. The van der Waals surface area contributed by atoms with Gasteiger partial charge in [-0.3, -0.25) is 4.79 Å². The van der Waals surface area contributed by atoms with Gasteiger partial charge in [0.05, 0.1) is 43.6 Å². The Kier molecular flexibility index (Phi) is 7.85. The van der Waals surface area contributed by atoms with E-state index in [1.807, 2.05) is 32.0 Å². The zero-order chi connectivity index (χ0) is 25.6. The number of rotatable bonds is 10. The standard InChI is InChI=1S/C25H28N4O7S/c1-3-32-20-13-18(29-7-9-31-10-8-29)21(33-4-2)12-17(20)26-23(30)14-37-25-28-27-24(36-25)16-5-6-19-22(11-16)35-15-34-19/h5-6,11-13H,3-4,7-10,14-15H2,1-2H3,(H,26,30). The van der Waals surface area contributed by atoms with E-state index in [1.54, 1.807) is 12.1 Å². The molecule has 11 nitrogen and oxygen atoms in total. The number of nitrogens with zero attached hydrogens (tertiary/aromatic N) is 3. The maximum absolute atomic E-state index is 12.8. The van der Waals surface area contributed by atoms with E-state index in [-0.39, 0.29) is 23.7 Å². The summed E-state index contributed by atoms with van der Waals surface area (Å²) in [6.45, 7) is 7.78. The number of fused-ring (bicyclic) bond motifs is 1. The van der Waals surface area contributed by atoms with Gasteiger partial charge in [0, 0.05) is 30.8 Å². The summed E-state index contributed by atoms with van der Waals surface area (Å²) >= 11 is 1.15. The Bertz CT molecular complexity index is 1250. The lowest BCUT2D eigenvalue weighted by Gasteiger charge is -2.31. The van der Waals surface area contributed by atoms with Gasteiger partial charge in [-0.05, 0) is 32.0 Å². The molecule has 3 heterocycles. The van der Waals surface area contributed by atoms with E-state index in [2.05, 4.69) is 20.4 Å². The van der Waals surface area contributed by atoms with E-state index in [0.717, 1.165) is 30.5 Å². The molecule has 196 valence electrons. The van der Waals surface area contributed by atoms with Gasteiger partial charge in [0.15, 0.2) is 11.5 Å². The molecule has 0 aliphatic carbocycles. The van der Waals surface area contributed by atoms with E-state index in [9.17, 15) is 4.79 Å². The van der Waals surface area contributed by atoms with Crippen LogP contribution in [0.3, 0.4) is 0 Å². The molecule has 0 saturated carbocycles. The van der Waals surface area contributed by atoms with Gasteiger partial charge in [0.1, 0.15) is 11.5 Å². The Morgan fingerprint density at radius 3 is 2.62 bits per heavy atom. The number of hydrogen-bond donors (Lipinski definition) is 1. The smallest absolute Gasteiger partial charge is 0.277 e. The molecule has 1 saturated heterocycles. The summed E-state index contributed by atoms with van der Waals surface area (Å²) in [5, 5.41) is 11.3. The molecule has 1 N–H and O–H groups in total. The first-order valence-corrected chi connectivity index (χ1v) is 13.1. The summed E-state index contributed by atoms with van der Waals surface area (Å²) in [6.07, 6.45) is 0. The summed E-state index contributed by atoms with van der Waals surface area (Å²) in [4.78, 5) is 15.0. The van der Waals surface area contributed by atoms with Gasteiger partial charge >= 0.3 is 0 Å². The molecule has 2 aromatic carbocycles. The molecule has 2 aliphatic rings. The second-order valence-corrected chi connectivity index (χ2v) is 8.99. The molecule has 2 aliphatic heterocycles. The zero-order valence-corrected chi connectivity index (χ0v) is 21.5. The minimum absolute atomic E-state index is 0.0729. The van der Waals surface area contributed by atoms with Gasteiger partial charge in [0.25, 0.3) is 5.22 Å². The molecule has 37 heavy (non-hydrogen) atoms. The van der Waals surface area contributed by atoms with Crippen molar-refractivity contribution in [1.82, 2.24) is 10.2 Å². The van der Waals surface area contributed by atoms with Crippen LogP contribution in [0.15, 0.2) is 40.0 Å². The molecule has 1 aromatic heterocycles. The summed E-state index contributed by atoms with van der Waals surface area (Å²) in [7, 11) is 0. The van der Waals surface area contributed by atoms with Crippen LogP contribution >= 0.6 is 11.8 Å². The highest BCUT2D eigenvalue weighted by Crippen LogP contribution is 2.40. The van der Waals surface area contributed by atoms with Crippen LogP contribution in [0, 0.1) is 0 Å². The molecule has 1 fully saturated rings. The SMILES string of the molecule is CCOc1cc(N2CCOCC2)c(OCC)cc1NC(=O)CSc1nnc(-c2ccc3c(c2)OCO3)o1. The number of nitrogens with one attached hydrogen (secondary N) is 1. The summed E-state index contributed by atoms with van der Waals surface area (Å²) in [6, 6.07) is 9.11. The van der Waals surface area contributed by atoms with Crippen molar-refractivity contribution in [2.45, 2.75) is 19.1 Å². The first-order chi connectivity index (χ1) is 18.1. The number of benzene rings is 2. The predicted octanol–water partition coefficient (Wildman–Crippen LogP) is 3.83. The normalized spacial score (nSPS) is 14.5. The van der Waals surface area contributed by atoms with Crippen molar-refractivity contribution in [3.63, 3.8) is 0 Å². The van der Waals surface area contributed by atoms with Crippen LogP contribution in [-0.2, 0) is 9.53 Å². The Morgan fingerprint density at radius 1 is 1.03 bits per heavy atom. The van der Waals surface area contributed by atoms with Crippen molar-refractivity contribution >= 4 is 29.0 Å². The lowest BCUT2D eigenvalue weighted by molar-refractivity contribution is -0.113. The molecule has 0 unspecified atom stereocenters. The maximum atomic E-state index is 12.8. The largest absolute Gasteiger partial charge is 0.492 e. The number of thioether (sulfide) groups is 1. The molecule has 0 spiro atoms. The number of amides is 1. The Labute approximate surface area is 218 Å². The first kappa shape index (κ1) is 25.0. The molecular weight excluding hydrogens is 500 g/mol. The highest BCUT2D eigenvalue weighted by Gasteiger charge is 2.21. The third kappa shape index (κ3) is 5.86. The average molecular weight is 529 g/mol. The Balaban J connectivity index is 1.26. The number of ether oxygens (including phenoxy) is 5. The van der Waals surface area contributed by atoms with Gasteiger partial charge in [-0.15, -0.1) is 10.2 Å². The van der Waals surface area contributed by atoms with Crippen molar-refractivity contribution in [3.05, 3.63) is 30.3 Å². The molecule has 0 atom stereocenters. The van der Waals surface area contributed by atoms with E-state index < -0.39 is 0 Å². The van der Waals surface area contributed by atoms with Crippen LogP contribution in [0.25, 0.3) is 11.5 Å². The molecule has 0 bridgehead atoms. The Morgan fingerprint density at radius 2 is 1.81 bits per heavy atom. The van der Waals surface area contributed by atoms with Crippen molar-refractivity contribution in [3.8, 4) is 34.5 Å². The molecule has 12 heteroatoms. The Hall–Kier alpha value is -3.64. The van der Waals surface area contributed by atoms with Gasteiger partial charge in [-0.1, -0.05) is 11.8 Å². The minimum Gasteiger partial charge on any atom is -0.492 e. The number of aromatic nitrogens is 2. The van der Waals surface area contributed by atoms with E-state index >= 15 is 0 Å². The monoisotopic (exact) mass is 528 g/mol. The summed E-state index contributed by atoms with van der Waals surface area (Å²) < 4.78 is 33.7. The van der Waals surface area contributed by atoms with Crippen LogP contribution in [0.2, 0.25) is 0 Å². The molecule has 5 rings (SSSR count).